The average molecular weight is 241 g/mol. The average Bonchev–Trinajstić information content (AvgIpc) is 2.28. The smallest absolute Gasteiger partial charge is 0.153 e. The Morgan fingerprint density at radius 2 is 1.88 bits per heavy atom. The van der Waals surface area contributed by atoms with Crippen LogP contribution in [-0.4, -0.2) is 29.9 Å². The topological polar surface area (TPSA) is 29.1 Å². The zero-order chi connectivity index (χ0) is 11.5. The van der Waals surface area contributed by atoms with Crippen molar-refractivity contribution >= 4 is 17.5 Å². The second-order valence-electron chi connectivity index (χ2n) is 5.60. The number of ketones is 1. The van der Waals surface area contributed by atoms with Gasteiger partial charge in [-0.2, -0.15) is 11.8 Å². The van der Waals surface area contributed by atoms with Gasteiger partial charge in [-0.15, -0.1) is 0 Å². The van der Waals surface area contributed by atoms with E-state index in [1.807, 2.05) is 11.8 Å². The molecule has 0 radical (unpaired) electrons. The first-order valence-corrected chi connectivity index (χ1v) is 7.67. The van der Waals surface area contributed by atoms with Crippen LogP contribution in [0.2, 0.25) is 0 Å². The molecule has 0 aromatic rings. The van der Waals surface area contributed by atoms with Gasteiger partial charge in [-0.05, 0) is 31.1 Å². The lowest BCUT2D eigenvalue weighted by atomic mass is 9.74. The Kier molecular flexibility index (Phi) is 4.31. The predicted molar refractivity (Wildman–Crippen MR) is 69.8 cm³/mol. The molecule has 0 spiro atoms. The van der Waals surface area contributed by atoms with Crippen LogP contribution in [0.4, 0.5) is 0 Å². The lowest BCUT2D eigenvalue weighted by Gasteiger charge is -2.33. The van der Waals surface area contributed by atoms with Crippen LogP contribution in [0.5, 0.6) is 0 Å². The van der Waals surface area contributed by atoms with Crippen molar-refractivity contribution in [2.24, 2.45) is 17.8 Å². The number of carbonyl (C=O) groups excluding carboxylic acids is 1. The van der Waals surface area contributed by atoms with E-state index in [0.717, 1.165) is 42.7 Å². The van der Waals surface area contributed by atoms with Crippen LogP contribution in [0.1, 0.15) is 33.1 Å². The molecule has 3 heteroatoms. The molecule has 1 aliphatic carbocycles. The van der Waals surface area contributed by atoms with Gasteiger partial charge in [0.2, 0.25) is 0 Å². The minimum Gasteiger partial charge on any atom is -0.306 e. The van der Waals surface area contributed by atoms with Crippen molar-refractivity contribution in [2.75, 3.05) is 18.1 Å². The third-order valence-electron chi connectivity index (χ3n) is 3.85. The van der Waals surface area contributed by atoms with E-state index >= 15 is 0 Å². The molecule has 2 fully saturated rings. The number of hydrogen-bond acceptors (Lipinski definition) is 3. The minimum absolute atomic E-state index is 0.140. The second-order valence-corrected chi connectivity index (χ2v) is 6.75. The first-order chi connectivity index (χ1) is 7.66. The molecule has 0 aromatic carbocycles. The van der Waals surface area contributed by atoms with Crippen molar-refractivity contribution in [3.05, 3.63) is 0 Å². The van der Waals surface area contributed by atoms with E-state index in [4.69, 9.17) is 0 Å². The van der Waals surface area contributed by atoms with Gasteiger partial charge in [0.15, 0.2) is 5.78 Å². The summed E-state index contributed by atoms with van der Waals surface area (Å²) in [7, 11) is 0. The van der Waals surface area contributed by atoms with Crippen LogP contribution < -0.4 is 5.32 Å². The summed E-state index contributed by atoms with van der Waals surface area (Å²) in [6.45, 7) is 5.58. The highest BCUT2D eigenvalue weighted by molar-refractivity contribution is 7.99. The number of Topliss-reactive ketones (excluding diaryl/α,β-unsaturated/α-hetero) is 1. The summed E-state index contributed by atoms with van der Waals surface area (Å²) in [4.78, 5) is 12.4. The molecule has 3 atom stereocenters. The SMILES string of the molecule is CC1CC(C)CC(C(=O)C2CSCCN2)C1. The fraction of sp³-hybridized carbons (Fsp3) is 0.923. The molecular weight excluding hydrogens is 218 g/mol. The maximum absolute atomic E-state index is 12.4. The minimum atomic E-state index is 0.140. The molecule has 2 nitrogen and oxygen atoms in total. The summed E-state index contributed by atoms with van der Waals surface area (Å²) >= 11 is 1.91. The summed E-state index contributed by atoms with van der Waals surface area (Å²) in [6.07, 6.45) is 3.54. The monoisotopic (exact) mass is 241 g/mol. The van der Waals surface area contributed by atoms with Gasteiger partial charge in [-0.1, -0.05) is 13.8 Å². The van der Waals surface area contributed by atoms with E-state index in [-0.39, 0.29) is 6.04 Å². The molecule has 3 unspecified atom stereocenters. The Hall–Kier alpha value is -0.0200. The first-order valence-electron chi connectivity index (χ1n) is 6.51. The molecule has 0 bridgehead atoms. The maximum Gasteiger partial charge on any atom is 0.153 e. The molecule has 1 saturated carbocycles. The summed E-state index contributed by atoms with van der Waals surface area (Å²) in [5.41, 5.74) is 0. The zero-order valence-corrected chi connectivity index (χ0v) is 11.2. The van der Waals surface area contributed by atoms with Crippen LogP contribution in [0.3, 0.4) is 0 Å². The second kappa shape index (κ2) is 5.54. The molecule has 1 saturated heterocycles. The molecule has 92 valence electrons. The summed E-state index contributed by atoms with van der Waals surface area (Å²) < 4.78 is 0. The Balaban J connectivity index is 1.92. The number of carbonyl (C=O) groups is 1. The summed E-state index contributed by atoms with van der Waals surface area (Å²) in [5.74, 6) is 4.42. The Labute approximate surface area is 103 Å². The van der Waals surface area contributed by atoms with Gasteiger partial charge < -0.3 is 5.32 Å². The standard InChI is InChI=1S/C13H23NOS/c1-9-5-10(2)7-11(6-9)13(15)12-8-16-4-3-14-12/h9-12,14H,3-8H2,1-2H3. The van der Waals surface area contributed by atoms with E-state index in [1.54, 1.807) is 0 Å². The van der Waals surface area contributed by atoms with Gasteiger partial charge in [0.25, 0.3) is 0 Å². The molecule has 0 amide bonds. The van der Waals surface area contributed by atoms with Crippen LogP contribution >= 0.6 is 11.8 Å². The van der Waals surface area contributed by atoms with Gasteiger partial charge in [0, 0.05) is 24.0 Å². The zero-order valence-electron chi connectivity index (χ0n) is 10.4. The lowest BCUT2D eigenvalue weighted by molar-refractivity contribution is -0.126. The van der Waals surface area contributed by atoms with Crippen LogP contribution in [0.15, 0.2) is 0 Å². The largest absolute Gasteiger partial charge is 0.306 e. The molecule has 1 N–H and O–H groups in total. The van der Waals surface area contributed by atoms with Crippen molar-refractivity contribution in [3.8, 4) is 0 Å². The quantitative estimate of drug-likeness (QED) is 0.804. The fourth-order valence-electron chi connectivity index (χ4n) is 3.21. The highest BCUT2D eigenvalue weighted by Gasteiger charge is 2.33. The molecule has 0 aromatic heterocycles. The molecule has 1 aliphatic heterocycles. The molecule has 2 rings (SSSR count). The van der Waals surface area contributed by atoms with Gasteiger partial charge >= 0.3 is 0 Å². The van der Waals surface area contributed by atoms with Crippen molar-refractivity contribution in [3.63, 3.8) is 0 Å². The van der Waals surface area contributed by atoms with Gasteiger partial charge in [0.05, 0.1) is 6.04 Å². The van der Waals surface area contributed by atoms with Crippen molar-refractivity contribution in [1.82, 2.24) is 5.32 Å². The lowest BCUT2D eigenvalue weighted by Crippen LogP contribution is -2.47. The number of rotatable bonds is 2. The number of hydrogen-bond donors (Lipinski definition) is 1. The van der Waals surface area contributed by atoms with Crippen LogP contribution in [0.25, 0.3) is 0 Å². The van der Waals surface area contributed by atoms with E-state index in [1.165, 1.54) is 6.42 Å². The third-order valence-corrected chi connectivity index (χ3v) is 4.91. The van der Waals surface area contributed by atoms with Crippen molar-refractivity contribution in [1.29, 1.82) is 0 Å². The Bertz CT molecular complexity index is 240. The van der Waals surface area contributed by atoms with Crippen LogP contribution in [0, 0.1) is 17.8 Å². The van der Waals surface area contributed by atoms with E-state index in [9.17, 15) is 4.79 Å². The molecule has 2 aliphatic rings. The highest BCUT2D eigenvalue weighted by atomic mass is 32.2. The van der Waals surface area contributed by atoms with E-state index in [0.29, 0.717) is 11.7 Å². The third kappa shape index (κ3) is 3.01. The molecule has 1 heterocycles. The Morgan fingerprint density at radius 3 is 2.44 bits per heavy atom. The van der Waals surface area contributed by atoms with E-state index in [2.05, 4.69) is 19.2 Å². The predicted octanol–water partition coefficient (Wildman–Crippen LogP) is 2.33. The van der Waals surface area contributed by atoms with Gasteiger partial charge in [-0.3, -0.25) is 4.79 Å². The van der Waals surface area contributed by atoms with Crippen molar-refractivity contribution < 1.29 is 4.79 Å². The first kappa shape index (κ1) is 12.4. The summed E-state index contributed by atoms with van der Waals surface area (Å²) in [6, 6.07) is 0.140. The number of thioether (sulfide) groups is 1. The van der Waals surface area contributed by atoms with Gasteiger partial charge in [-0.25, -0.2) is 0 Å². The fourth-order valence-corrected chi connectivity index (χ4v) is 4.16. The normalized spacial score (nSPS) is 40.6. The highest BCUT2D eigenvalue weighted by Crippen LogP contribution is 2.34. The Morgan fingerprint density at radius 1 is 1.19 bits per heavy atom. The van der Waals surface area contributed by atoms with Gasteiger partial charge in [0.1, 0.15) is 0 Å². The number of nitrogens with one attached hydrogen (secondary N) is 1. The maximum atomic E-state index is 12.4. The molecular formula is C13H23NOS. The van der Waals surface area contributed by atoms with Crippen molar-refractivity contribution in [2.45, 2.75) is 39.2 Å². The molecule has 16 heavy (non-hydrogen) atoms. The summed E-state index contributed by atoms with van der Waals surface area (Å²) in [5, 5.41) is 3.38. The van der Waals surface area contributed by atoms with Crippen LogP contribution in [-0.2, 0) is 4.79 Å². The van der Waals surface area contributed by atoms with E-state index < -0.39 is 0 Å².